The number of nitrogens with one attached hydrogen (secondary N) is 2. The fraction of sp³-hybridized carbons (Fsp3) is 0.667. The lowest BCUT2D eigenvalue weighted by atomic mass is 10.2. The van der Waals surface area contributed by atoms with Gasteiger partial charge in [0.15, 0.2) is 0 Å². The average molecular weight is 238 g/mol. The minimum absolute atomic E-state index is 0.0470. The van der Waals surface area contributed by atoms with Crippen molar-refractivity contribution >= 4 is 5.91 Å². The Morgan fingerprint density at radius 3 is 2.65 bits per heavy atom. The molecule has 0 spiro atoms. The molecule has 1 unspecified atom stereocenters. The highest BCUT2D eigenvalue weighted by molar-refractivity contribution is 5.77. The lowest BCUT2D eigenvalue weighted by molar-refractivity contribution is -0.123. The van der Waals surface area contributed by atoms with E-state index in [9.17, 15) is 4.79 Å². The van der Waals surface area contributed by atoms with Gasteiger partial charge in [-0.15, -0.1) is 0 Å². The number of hydrogen-bond donors (Lipinski definition) is 2. The number of nitrogens with zero attached hydrogens (tertiary/aromatic N) is 2. The Morgan fingerprint density at radius 1 is 1.41 bits per heavy atom. The van der Waals surface area contributed by atoms with Crippen molar-refractivity contribution in [1.82, 2.24) is 20.4 Å². The average Bonchev–Trinajstić information content (AvgIpc) is 2.70. The predicted octanol–water partition coefficient (Wildman–Crippen LogP) is 0.843. The quantitative estimate of drug-likeness (QED) is 0.722. The molecule has 0 aliphatic carbocycles. The molecule has 0 aliphatic heterocycles. The highest BCUT2D eigenvalue weighted by Crippen LogP contribution is 2.09. The van der Waals surface area contributed by atoms with Crippen LogP contribution in [0.4, 0.5) is 0 Å². The second-order valence-corrected chi connectivity index (χ2v) is 4.57. The van der Waals surface area contributed by atoms with E-state index in [2.05, 4.69) is 22.7 Å². The minimum atomic E-state index is 0.0470. The normalized spacial score (nSPS) is 12.8. The maximum Gasteiger partial charge on any atom is 0.222 e. The molecule has 0 fully saturated rings. The molecule has 5 nitrogen and oxygen atoms in total. The number of carbonyl (C=O) groups excluding carboxylic acids is 1. The zero-order valence-corrected chi connectivity index (χ0v) is 11.0. The van der Waals surface area contributed by atoms with Crippen molar-refractivity contribution in [1.29, 1.82) is 0 Å². The summed E-state index contributed by atoms with van der Waals surface area (Å²) in [5.74, 6) is 0.145. The molecule has 1 heterocycles. The lowest BCUT2D eigenvalue weighted by Gasteiger charge is -2.13. The largest absolute Gasteiger partial charge is 0.355 e. The summed E-state index contributed by atoms with van der Waals surface area (Å²) in [6.45, 7) is 7.28. The molecule has 0 saturated heterocycles. The van der Waals surface area contributed by atoms with Gasteiger partial charge in [0.05, 0.1) is 6.20 Å². The van der Waals surface area contributed by atoms with Crippen LogP contribution in [0.1, 0.15) is 32.4 Å². The first-order valence-corrected chi connectivity index (χ1v) is 6.00. The van der Waals surface area contributed by atoms with Crippen molar-refractivity contribution < 1.29 is 4.79 Å². The van der Waals surface area contributed by atoms with E-state index in [1.165, 1.54) is 0 Å². The molecule has 1 aromatic heterocycles. The molecule has 1 amide bonds. The molecule has 1 aromatic rings. The number of aryl methyl sites for hydroxylation is 1. The van der Waals surface area contributed by atoms with Crippen LogP contribution in [0.15, 0.2) is 12.4 Å². The van der Waals surface area contributed by atoms with Gasteiger partial charge in [0.25, 0.3) is 0 Å². The molecule has 5 heteroatoms. The molecule has 0 bridgehead atoms. The highest BCUT2D eigenvalue weighted by Gasteiger charge is 2.07. The fourth-order valence-electron chi connectivity index (χ4n) is 1.46. The van der Waals surface area contributed by atoms with Gasteiger partial charge >= 0.3 is 0 Å². The van der Waals surface area contributed by atoms with Crippen LogP contribution in [0.2, 0.25) is 0 Å². The van der Waals surface area contributed by atoms with E-state index < -0.39 is 0 Å². The first-order chi connectivity index (χ1) is 8.00. The van der Waals surface area contributed by atoms with Crippen LogP contribution in [0.25, 0.3) is 0 Å². The first kappa shape index (κ1) is 13.7. The zero-order valence-electron chi connectivity index (χ0n) is 11.0. The summed E-state index contributed by atoms with van der Waals surface area (Å²) in [4.78, 5) is 11.3. The SMILES string of the molecule is CC(C)C(=O)NCCNC(C)c1cnn(C)c1. The Kier molecular flexibility index (Phi) is 5.15. The Labute approximate surface area is 103 Å². The Hall–Kier alpha value is -1.36. The van der Waals surface area contributed by atoms with E-state index in [1.807, 2.05) is 33.3 Å². The molecule has 0 aliphatic rings. The molecule has 2 N–H and O–H groups in total. The van der Waals surface area contributed by atoms with E-state index >= 15 is 0 Å². The maximum atomic E-state index is 11.3. The molecule has 1 atom stereocenters. The molecule has 0 aromatic carbocycles. The minimum Gasteiger partial charge on any atom is -0.355 e. The topological polar surface area (TPSA) is 59.0 Å². The summed E-state index contributed by atoms with van der Waals surface area (Å²) in [6, 6.07) is 0.250. The fourth-order valence-corrected chi connectivity index (χ4v) is 1.46. The summed E-state index contributed by atoms with van der Waals surface area (Å²) in [5, 5.41) is 10.3. The second-order valence-electron chi connectivity index (χ2n) is 4.57. The van der Waals surface area contributed by atoms with Gasteiger partial charge in [-0.25, -0.2) is 0 Å². The van der Waals surface area contributed by atoms with Crippen LogP contribution in [0, 0.1) is 5.92 Å². The number of hydrogen-bond acceptors (Lipinski definition) is 3. The monoisotopic (exact) mass is 238 g/mol. The lowest BCUT2D eigenvalue weighted by Crippen LogP contribution is -2.34. The predicted molar refractivity (Wildman–Crippen MR) is 67.5 cm³/mol. The van der Waals surface area contributed by atoms with Crippen LogP contribution >= 0.6 is 0 Å². The molecule has 0 radical (unpaired) electrons. The third-order valence-corrected chi connectivity index (χ3v) is 2.62. The Bertz CT molecular complexity index is 359. The summed E-state index contributed by atoms with van der Waals surface area (Å²) < 4.78 is 1.79. The summed E-state index contributed by atoms with van der Waals surface area (Å²) in [5.41, 5.74) is 1.16. The van der Waals surface area contributed by atoms with Crippen molar-refractivity contribution in [2.75, 3.05) is 13.1 Å². The van der Waals surface area contributed by atoms with Crippen LogP contribution in [-0.2, 0) is 11.8 Å². The molecule has 17 heavy (non-hydrogen) atoms. The van der Waals surface area contributed by atoms with Gasteiger partial charge in [-0.3, -0.25) is 9.48 Å². The van der Waals surface area contributed by atoms with Crippen LogP contribution in [-0.4, -0.2) is 28.8 Å². The first-order valence-electron chi connectivity index (χ1n) is 6.00. The second kappa shape index (κ2) is 6.39. The van der Waals surface area contributed by atoms with Gasteiger partial charge in [0.2, 0.25) is 5.91 Å². The number of rotatable bonds is 6. The van der Waals surface area contributed by atoms with Gasteiger partial charge in [0.1, 0.15) is 0 Å². The molecule has 96 valence electrons. The third-order valence-electron chi connectivity index (χ3n) is 2.62. The van der Waals surface area contributed by atoms with E-state index in [0.717, 1.165) is 12.1 Å². The van der Waals surface area contributed by atoms with Gasteiger partial charge in [-0.1, -0.05) is 13.8 Å². The van der Waals surface area contributed by atoms with Crippen molar-refractivity contribution in [3.63, 3.8) is 0 Å². The zero-order chi connectivity index (χ0) is 12.8. The summed E-state index contributed by atoms with van der Waals surface area (Å²) >= 11 is 0. The van der Waals surface area contributed by atoms with Crippen LogP contribution in [0.3, 0.4) is 0 Å². The smallest absolute Gasteiger partial charge is 0.222 e. The number of aromatic nitrogens is 2. The summed E-state index contributed by atoms with van der Waals surface area (Å²) in [6.07, 6.45) is 3.84. The Morgan fingerprint density at radius 2 is 2.12 bits per heavy atom. The van der Waals surface area contributed by atoms with Crippen molar-refractivity contribution in [2.45, 2.75) is 26.8 Å². The molecular weight excluding hydrogens is 216 g/mol. The van der Waals surface area contributed by atoms with Gasteiger partial charge < -0.3 is 10.6 Å². The van der Waals surface area contributed by atoms with Crippen molar-refractivity contribution in [3.05, 3.63) is 18.0 Å². The highest BCUT2D eigenvalue weighted by atomic mass is 16.1. The van der Waals surface area contributed by atoms with Crippen molar-refractivity contribution in [3.8, 4) is 0 Å². The van der Waals surface area contributed by atoms with Crippen LogP contribution < -0.4 is 10.6 Å². The van der Waals surface area contributed by atoms with Crippen LogP contribution in [0.5, 0.6) is 0 Å². The number of carbonyl (C=O) groups is 1. The Balaban J connectivity index is 2.21. The summed E-state index contributed by atoms with van der Waals surface area (Å²) in [7, 11) is 1.90. The van der Waals surface area contributed by atoms with E-state index in [0.29, 0.717) is 6.54 Å². The molecule has 1 rings (SSSR count). The van der Waals surface area contributed by atoms with E-state index in [1.54, 1.807) is 4.68 Å². The third kappa shape index (κ3) is 4.56. The standard InChI is InChI=1S/C12H22N4O/c1-9(2)12(17)14-6-5-13-10(3)11-7-15-16(4)8-11/h7-10,13H,5-6H2,1-4H3,(H,14,17). The van der Waals surface area contributed by atoms with E-state index in [4.69, 9.17) is 0 Å². The molecular formula is C12H22N4O. The number of amides is 1. The van der Waals surface area contributed by atoms with Gasteiger partial charge in [-0.05, 0) is 6.92 Å². The molecule has 0 saturated carbocycles. The van der Waals surface area contributed by atoms with Crippen molar-refractivity contribution in [2.24, 2.45) is 13.0 Å². The van der Waals surface area contributed by atoms with E-state index in [-0.39, 0.29) is 17.9 Å². The van der Waals surface area contributed by atoms with Gasteiger partial charge in [-0.2, -0.15) is 5.10 Å². The maximum absolute atomic E-state index is 11.3. The van der Waals surface area contributed by atoms with Gasteiger partial charge in [0, 0.05) is 43.9 Å².